The highest BCUT2D eigenvalue weighted by molar-refractivity contribution is 6.11. The van der Waals surface area contributed by atoms with Crippen molar-refractivity contribution in [2.45, 2.75) is 6.54 Å². The molecule has 7 nitrogen and oxygen atoms in total. The maximum atomic E-state index is 12.7. The van der Waals surface area contributed by atoms with E-state index in [2.05, 4.69) is 21.3 Å². The van der Waals surface area contributed by atoms with Crippen LogP contribution >= 0.6 is 0 Å². The van der Waals surface area contributed by atoms with E-state index < -0.39 is 0 Å². The van der Waals surface area contributed by atoms with Gasteiger partial charge in [-0.2, -0.15) is 0 Å². The average Bonchev–Trinajstić information content (AvgIpc) is 3.17. The minimum Gasteiger partial charge on any atom is -0.395 e. The van der Waals surface area contributed by atoms with Crippen LogP contribution in [-0.4, -0.2) is 30.1 Å². The summed E-state index contributed by atoms with van der Waals surface area (Å²) in [6, 6.07) is 20.2. The van der Waals surface area contributed by atoms with Gasteiger partial charge in [-0.05, 0) is 48.5 Å². The Balaban J connectivity index is 1.55. The van der Waals surface area contributed by atoms with Crippen molar-refractivity contribution < 1.29 is 14.7 Å². The first-order valence-electron chi connectivity index (χ1n) is 9.68. The number of hydrogen-bond donors (Lipinski definition) is 5. The summed E-state index contributed by atoms with van der Waals surface area (Å²) in [5.74, 6) is -0.505. The van der Waals surface area contributed by atoms with Gasteiger partial charge in [0.2, 0.25) is 0 Å². The Morgan fingerprint density at radius 3 is 2.40 bits per heavy atom. The molecule has 0 saturated heterocycles. The second-order valence-electron chi connectivity index (χ2n) is 6.87. The SMILES string of the molecule is O=C(Nc1ccc(Nc2ccccc2)c2c1C(=O)NC2)c1ccc(NCCO)cc1. The van der Waals surface area contributed by atoms with Crippen LogP contribution in [0.15, 0.2) is 66.7 Å². The number of anilines is 4. The van der Waals surface area contributed by atoms with Crippen molar-refractivity contribution in [3.63, 3.8) is 0 Å². The molecule has 3 aromatic carbocycles. The fraction of sp³-hybridized carbons (Fsp3) is 0.130. The van der Waals surface area contributed by atoms with E-state index in [1.165, 1.54) is 0 Å². The van der Waals surface area contributed by atoms with Crippen LogP contribution in [0.25, 0.3) is 0 Å². The smallest absolute Gasteiger partial charge is 0.255 e. The van der Waals surface area contributed by atoms with E-state index >= 15 is 0 Å². The van der Waals surface area contributed by atoms with E-state index in [0.29, 0.717) is 29.9 Å². The normalized spacial score (nSPS) is 12.1. The summed E-state index contributed by atoms with van der Waals surface area (Å²) in [7, 11) is 0. The van der Waals surface area contributed by atoms with Crippen molar-refractivity contribution in [1.29, 1.82) is 0 Å². The van der Waals surface area contributed by atoms with Crippen molar-refractivity contribution in [3.8, 4) is 0 Å². The Kier molecular flexibility index (Phi) is 5.63. The van der Waals surface area contributed by atoms with Crippen molar-refractivity contribution in [1.82, 2.24) is 5.32 Å². The zero-order valence-corrected chi connectivity index (χ0v) is 16.2. The molecule has 0 radical (unpaired) electrons. The van der Waals surface area contributed by atoms with Crippen LogP contribution in [-0.2, 0) is 6.54 Å². The van der Waals surface area contributed by atoms with Crippen molar-refractivity contribution >= 4 is 34.6 Å². The zero-order chi connectivity index (χ0) is 20.9. The summed E-state index contributed by atoms with van der Waals surface area (Å²) in [6.45, 7) is 0.874. The molecule has 1 aliphatic rings. The monoisotopic (exact) mass is 402 g/mol. The van der Waals surface area contributed by atoms with Crippen LogP contribution in [0.4, 0.5) is 22.7 Å². The van der Waals surface area contributed by atoms with Gasteiger partial charge in [-0.15, -0.1) is 0 Å². The number of rotatable bonds is 7. The standard InChI is InChI=1S/C23H22N4O3/c28-13-12-24-16-8-6-15(7-9-16)22(29)27-20-11-10-19(18-14-25-23(30)21(18)20)26-17-4-2-1-3-5-17/h1-11,24,26,28H,12-14H2,(H,25,30)(H,27,29). The quantitative estimate of drug-likeness (QED) is 0.417. The molecule has 152 valence electrons. The van der Waals surface area contributed by atoms with E-state index in [0.717, 1.165) is 22.6 Å². The van der Waals surface area contributed by atoms with Gasteiger partial charge in [-0.1, -0.05) is 18.2 Å². The third kappa shape index (κ3) is 4.11. The lowest BCUT2D eigenvalue weighted by atomic mass is 10.0. The van der Waals surface area contributed by atoms with Crippen molar-refractivity contribution in [2.24, 2.45) is 0 Å². The molecule has 0 spiro atoms. The van der Waals surface area contributed by atoms with E-state index in [1.807, 2.05) is 36.4 Å². The predicted octanol–water partition coefficient (Wildman–Crippen LogP) is 3.33. The number of para-hydroxylation sites is 1. The molecule has 0 bridgehead atoms. The van der Waals surface area contributed by atoms with Gasteiger partial charge >= 0.3 is 0 Å². The number of aliphatic hydroxyl groups excluding tert-OH is 1. The Morgan fingerprint density at radius 1 is 0.933 bits per heavy atom. The van der Waals surface area contributed by atoms with Gasteiger partial charge in [0.1, 0.15) is 0 Å². The lowest BCUT2D eigenvalue weighted by Crippen LogP contribution is -2.17. The molecule has 0 unspecified atom stereocenters. The van der Waals surface area contributed by atoms with Gasteiger partial charge in [0.15, 0.2) is 0 Å². The molecule has 30 heavy (non-hydrogen) atoms. The minimum absolute atomic E-state index is 0.0323. The van der Waals surface area contributed by atoms with E-state index in [1.54, 1.807) is 30.3 Å². The molecule has 0 fully saturated rings. The molecular formula is C23H22N4O3. The Labute approximate surface area is 174 Å². The molecule has 7 heteroatoms. The molecule has 0 aromatic heterocycles. The first-order chi connectivity index (χ1) is 14.7. The van der Waals surface area contributed by atoms with Crippen LogP contribution in [0.1, 0.15) is 26.3 Å². The van der Waals surface area contributed by atoms with Crippen LogP contribution in [0.5, 0.6) is 0 Å². The zero-order valence-electron chi connectivity index (χ0n) is 16.2. The topological polar surface area (TPSA) is 102 Å². The van der Waals surface area contributed by atoms with Crippen LogP contribution in [0, 0.1) is 0 Å². The third-order valence-corrected chi connectivity index (χ3v) is 4.85. The van der Waals surface area contributed by atoms with Gasteiger partial charge in [0, 0.05) is 41.3 Å². The Morgan fingerprint density at radius 2 is 1.67 bits per heavy atom. The van der Waals surface area contributed by atoms with Gasteiger partial charge in [0.25, 0.3) is 11.8 Å². The Bertz CT molecular complexity index is 1070. The number of carbonyl (C=O) groups is 2. The van der Waals surface area contributed by atoms with Crippen LogP contribution in [0.3, 0.4) is 0 Å². The van der Waals surface area contributed by atoms with Crippen LogP contribution in [0.2, 0.25) is 0 Å². The molecule has 1 aliphatic heterocycles. The van der Waals surface area contributed by atoms with Gasteiger partial charge in [0.05, 0.1) is 17.9 Å². The second kappa shape index (κ2) is 8.67. The molecule has 4 rings (SSSR count). The first-order valence-corrected chi connectivity index (χ1v) is 9.68. The number of hydrogen-bond acceptors (Lipinski definition) is 5. The third-order valence-electron chi connectivity index (χ3n) is 4.85. The summed E-state index contributed by atoms with van der Waals surface area (Å²) < 4.78 is 0. The van der Waals surface area contributed by atoms with Gasteiger partial charge in [-0.25, -0.2) is 0 Å². The summed E-state index contributed by atoms with van der Waals surface area (Å²) >= 11 is 0. The number of fused-ring (bicyclic) bond motifs is 1. The molecule has 0 aliphatic carbocycles. The second-order valence-corrected chi connectivity index (χ2v) is 6.87. The maximum absolute atomic E-state index is 12.7. The fourth-order valence-corrected chi connectivity index (χ4v) is 3.38. The number of carbonyl (C=O) groups excluding carboxylic acids is 2. The van der Waals surface area contributed by atoms with E-state index in [4.69, 9.17) is 5.11 Å². The number of aliphatic hydroxyl groups is 1. The molecule has 1 heterocycles. The summed E-state index contributed by atoms with van der Waals surface area (Å²) in [5, 5.41) is 20.9. The van der Waals surface area contributed by atoms with Crippen molar-refractivity contribution in [2.75, 3.05) is 29.1 Å². The highest BCUT2D eigenvalue weighted by Gasteiger charge is 2.26. The first kappa shape index (κ1) is 19.5. The summed E-state index contributed by atoms with van der Waals surface area (Å²) in [5.41, 5.74) is 4.82. The van der Waals surface area contributed by atoms with Gasteiger partial charge < -0.3 is 26.4 Å². The molecule has 2 amide bonds. The van der Waals surface area contributed by atoms with Crippen LogP contribution < -0.4 is 21.3 Å². The number of nitrogens with one attached hydrogen (secondary N) is 4. The fourth-order valence-electron chi connectivity index (χ4n) is 3.38. The molecule has 3 aromatic rings. The van der Waals surface area contributed by atoms with E-state index in [-0.39, 0.29) is 18.4 Å². The minimum atomic E-state index is -0.297. The number of benzene rings is 3. The summed E-state index contributed by atoms with van der Waals surface area (Å²) in [6.07, 6.45) is 0. The van der Waals surface area contributed by atoms with Crippen molar-refractivity contribution in [3.05, 3.63) is 83.4 Å². The molecule has 0 atom stereocenters. The highest BCUT2D eigenvalue weighted by Crippen LogP contribution is 2.33. The number of amides is 2. The summed E-state index contributed by atoms with van der Waals surface area (Å²) in [4.78, 5) is 25.1. The Hall–Kier alpha value is -3.84. The largest absolute Gasteiger partial charge is 0.395 e. The highest BCUT2D eigenvalue weighted by atomic mass is 16.3. The van der Waals surface area contributed by atoms with Gasteiger partial charge in [-0.3, -0.25) is 9.59 Å². The average molecular weight is 402 g/mol. The predicted molar refractivity (Wildman–Crippen MR) is 117 cm³/mol. The van der Waals surface area contributed by atoms with E-state index in [9.17, 15) is 9.59 Å². The lowest BCUT2D eigenvalue weighted by Gasteiger charge is -2.14. The molecule has 5 N–H and O–H groups in total. The maximum Gasteiger partial charge on any atom is 0.255 e. The lowest BCUT2D eigenvalue weighted by molar-refractivity contribution is 0.0966. The molecule has 0 saturated carbocycles. The molecular weight excluding hydrogens is 380 g/mol.